The van der Waals surface area contributed by atoms with Crippen LogP contribution in [-0.2, 0) is 12.7 Å². The van der Waals surface area contributed by atoms with E-state index in [4.69, 9.17) is 0 Å². The molecule has 0 spiro atoms. The Balaban J connectivity index is 1.89. The summed E-state index contributed by atoms with van der Waals surface area (Å²) in [5.41, 5.74) is -0.0858. The molecule has 3 rings (SSSR count). The van der Waals surface area contributed by atoms with E-state index in [2.05, 4.69) is 5.32 Å². The molecule has 2 aromatic carbocycles. The van der Waals surface area contributed by atoms with Crippen molar-refractivity contribution < 1.29 is 22.4 Å². The van der Waals surface area contributed by atoms with Gasteiger partial charge in [-0.1, -0.05) is 12.1 Å². The number of carbonyl (C=O) groups is 1. The molecular formula is C21H22F4N2O. The van der Waals surface area contributed by atoms with Gasteiger partial charge in [-0.05, 0) is 61.6 Å². The first-order valence-corrected chi connectivity index (χ1v) is 9.25. The van der Waals surface area contributed by atoms with Gasteiger partial charge in [-0.3, -0.25) is 4.79 Å². The van der Waals surface area contributed by atoms with Crippen LogP contribution in [0.1, 0.15) is 46.3 Å². The topological polar surface area (TPSA) is 32.3 Å². The van der Waals surface area contributed by atoms with Crippen LogP contribution < -0.4 is 10.2 Å². The first-order valence-electron chi connectivity index (χ1n) is 9.25. The van der Waals surface area contributed by atoms with E-state index >= 15 is 0 Å². The van der Waals surface area contributed by atoms with E-state index in [0.717, 1.165) is 25.3 Å². The summed E-state index contributed by atoms with van der Waals surface area (Å²) in [6.45, 7) is 2.88. The van der Waals surface area contributed by atoms with Crippen molar-refractivity contribution in [1.82, 2.24) is 5.32 Å². The minimum atomic E-state index is -4.65. The number of halogens is 4. The molecular weight excluding hydrogens is 372 g/mol. The number of benzene rings is 2. The lowest BCUT2D eigenvalue weighted by Gasteiger charge is -2.30. The lowest BCUT2D eigenvalue weighted by atomic mass is 9.98. The van der Waals surface area contributed by atoms with Gasteiger partial charge < -0.3 is 10.2 Å². The van der Waals surface area contributed by atoms with Crippen LogP contribution in [0, 0.1) is 12.7 Å². The summed E-state index contributed by atoms with van der Waals surface area (Å²) in [4.78, 5) is 14.5. The van der Waals surface area contributed by atoms with E-state index in [9.17, 15) is 22.4 Å². The van der Waals surface area contributed by atoms with Crippen LogP contribution in [0.15, 0.2) is 36.4 Å². The van der Waals surface area contributed by atoms with Gasteiger partial charge in [0.15, 0.2) is 0 Å². The molecule has 0 saturated carbocycles. The van der Waals surface area contributed by atoms with Crippen molar-refractivity contribution in [2.75, 3.05) is 18.0 Å². The zero-order chi connectivity index (χ0) is 20.3. The molecule has 1 heterocycles. The third-order valence-electron chi connectivity index (χ3n) is 4.92. The second kappa shape index (κ2) is 8.20. The fourth-order valence-corrected chi connectivity index (χ4v) is 3.55. The number of nitrogens with zero attached hydrogens (tertiary/aromatic N) is 1. The molecule has 1 amide bonds. The number of anilines is 1. The summed E-state index contributed by atoms with van der Waals surface area (Å²) in [7, 11) is 0. The van der Waals surface area contributed by atoms with Crippen molar-refractivity contribution in [2.24, 2.45) is 0 Å². The first kappa shape index (κ1) is 20.2. The number of nitrogens with one attached hydrogen (secondary N) is 1. The van der Waals surface area contributed by atoms with Gasteiger partial charge in [0.05, 0.1) is 11.1 Å². The molecule has 0 unspecified atom stereocenters. The standard InChI is InChI=1S/C21H22F4N2O/c1-14-10-17(27-8-3-2-4-9-27)12-18(21(23,24)25)19(14)20(28)26-13-15-6-5-7-16(22)11-15/h5-7,10-12H,2-4,8-9,13H2,1H3,(H,26,28). The number of hydrogen-bond acceptors (Lipinski definition) is 2. The summed E-state index contributed by atoms with van der Waals surface area (Å²) in [5, 5.41) is 2.48. The lowest BCUT2D eigenvalue weighted by molar-refractivity contribution is -0.137. The summed E-state index contributed by atoms with van der Waals surface area (Å²) in [6.07, 6.45) is -1.70. The third kappa shape index (κ3) is 4.64. The number of carbonyl (C=O) groups excluding carboxylic acids is 1. The van der Waals surface area contributed by atoms with E-state index in [0.29, 0.717) is 24.3 Å². The first-order chi connectivity index (χ1) is 13.3. The Morgan fingerprint density at radius 1 is 1.11 bits per heavy atom. The predicted molar refractivity (Wildman–Crippen MR) is 99.8 cm³/mol. The monoisotopic (exact) mass is 394 g/mol. The maximum Gasteiger partial charge on any atom is 0.417 e. The molecule has 2 aromatic rings. The number of piperidine rings is 1. The molecule has 150 valence electrons. The van der Waals surface area contributed by atoms with Crippen LogP contribution in [0.25, 0.3) is 0 Å². The highest BCUT2D eigenvalue weighted by atomic mass is 19.4. The van der Waals surface area contributed by atoms with Crippen LogP contribution >= 0.6 is 0 Å². The number of amides is 1. The average Bonchev–Trinajstić information content (AvgIpc) is 2.65. The summed E-state index contributed by atoms with van der Waals surface area (Å²) in [6, 6.07) is 8.28. The van der Waals surface area contributed by atoms with Crippen LogP contribution in [0.4, 0.5) is 23.2 Å². The molecule has 0 atom stereocenters. The van der Waals surface area contributed by atoms with Gasteiger partial charge in [-0.25, -0.2) is 4.39 Å². The van der Waals surface area contributed by atoms with Gasteiger partial charge in [0.25, 0.3) is 5.91 Å². The molecule has 0 aromatic heterocycles. The Bertz CT molecular complexity index is 858. The summed E-state index contributed by atoms with van der Waals surface area (Å²) < 4.78 is 54.4. The zero-order valence-corrected chi connectivity index (χ0v) is 15.6. The fraction of sp³-hybridized carbons (Fsp3) is 0.381. The molecule has 0 bridgehead atoms. The minimum Gasteiger partial charge on any atom is -0.372 e. The minimum absolute atomic E-state index is 0.0544. The van der Waals surface area contributed by atoms with Crippen molar-refractivity contribution in [3.8, 4) is 0 Å². The van der Waals surface area contributed by atoms with E-state index in [1.807, 2.05) is 4.90 Å². The van der Waals surface area contributed by atoms with E-state index < -0.39 is 23.5 Å². The normalized spacial score (nSPS) is 14.8. The molecule has 1 aliphatic rings. The van der Waals surface area contributed by atoms with Gasteiger partial charge >= 0.3 is 6.18 Å². The van der Waals surface area contributed by atoms with Crippen molar-refractivity contribution >= 4 is 11.6 Å². The third-order valence-corrected chi connectivity index (χ3v) is 4.92. The molecule has 28 heavy (non-hydrogen) atoms. The SMILES string of the molecule is Cc1cc(N2CCCCC2)cc(C(F)(F)F)c1C(=O)NCc1cccc(F)c1. The smallest absolute Gasteiger partial charge is 0.372 e. The highest BCUT2D eigenvalue weighted by Gasteiger charge is 2.37. The van der Waals surface area contributed by atoms with Crippen LogP contribution in [-0.4, -0.2) is 19.0 Å². The van der Waals surface area contributed by atoms with Crippen molar-refractivity contribution in [1.29, 1.82) is 0 Å². The summed E-state index contributed by atoms with van der Waals surface area (Å²) in [5.74, 6) is -1.29. The molecule has 1 saturated heterocycles. The summed E-state index contributed by atoms with van der Waals surface area (Å²) >= 11 is 0. The molecule has 3 nitrogen and oxygen atoms in total. The highest BCUT2D eigenvalue weighted by molar-refractivity contribution is 5.98. The fourth-order valence-electron chi connectivity index (χ4n) is 3.55. The maximum absolute atomic E-state index is 13.7. The molecule has 0 aliphatic carbocycles. The molecule has 1 fully saturated rings. The average molecular weight is 394 g/mol. The van der Waals surface area contributed by atoms with Crippen LogP contribution in [0.3, 0.4) is 0 Å². The van der Waals surface area contributed by atoms with E-state index in [-0.39, 0.29) is 17.7 Å². The molecule has 1 aliphatic heterocycles. The second-order valence-corrected chi connectivity index (χ2v) is 7.04. The highest BCUT2D eigenvalue weighted by Crippen LogP contribution is 2.37. The lowest BCUT2D eigenvalue weighted by Crippen LogP contribution is -2.31. The van der Waals surface area contributed by atoms with Crippen molar-refractivity contribution in [3.63, 3.8) is 0 Å². The number of alkyl halides is 3. The van der Waals surface area contributed by atoms with Crippen LogP contribution in [0.2, 0.25) is 0 Å². The quantitative estimate of drug-likeness (QED) is 0.734. The second-order valence-electron chi connectivity index (χ2n) is 7.04. The van der Waals surface area contributed by atoms with Crippen LogP contribution in [0.5, 0.6) is 0 Å². The van der Waals surface area contributed by atoms with Gasteiger partial charge in [0, 0.05) is 25.3 Å². The molecule has 0 radical (unpaired) electrons. The van der Waals surface area contributed by atoms with Crippen molar-refractivity contribution in [3.05, 3.63) is 64.5 Å². The number of hydrogen-bond donors (Lipinski definition) is 1. The largest absolute Gasteiger partial charge is 0.417 e. The zero-order valence-electron chi connectivity index (χ0n) is 15.6. The maximum atomic E-state index is 13.7. The van der Waals surface area contributed by atoms with Gasteiger partial charge in [0.1, 0.15) is 5.82 Å². The Labute approximate surface area is 161 Å². The molecule has 7 heteroatoms. The van der Waals surface area contributed by atoms with Gasteiger partial charge in [-0.2, -0.15) is 13.2 Å². The Morgan fingerprint density at radius 2 is 1.82 bits per heavy atom. The Hall–Kier alpha value is -2.57. The van der Waals surface area contributed by atoms with Gasteiger partial charge in [0.2, 0.25) is 0 Å². The van der Waals surface area contributed by atoms with Gasteiger partial charge in [-0.15, -0.1) is 0 Å². The predicted octanol–water partition coefficient (Wildman–Crippen LogP) is 5.07. The number of rotatable bonds is 4. The number of aryl methyl sites for hydroxylation is 1. The van der Waals surface area contributed by atoms with E-state index in [1.54, 1.807) is 12.1 Å². The molecule has 1 N–H and O–H groups in total. The van der Waals surface area contributed by atoms with E-state index in [1.165, 1.54) is 25.1 Å². The Morgan fingerprint density at radius 3 is 2.46 bits per heavy atom. The van der Waals surface area contributed by atoms with Crippen molar-refractivity contribution in [2.45, 2.75) is 38.9 Å². The Kier molecular flexibility index (Phi) is 5.91.